The second-order valence-corrected chi connectivity index (χ2v) is 6.74. The van der Waals surface area contributed by atoms with Crippen LogP contribution < -0.4 is 0 Å². The number of hydrogen-bond donors (Lipinski definition) is 0. The van der Waals surface area contributed by atoms with Crippen LogP contribution in [0.5, 0.6) is 0 Å². The molecule has 21 heavy (non-hydrogen) atoms. The van der Waals surface area contributed by atoms with E-state index in [1.54, 1.807) is 14.0 Å². The van der Waals surface area contributed by atoms with E-state index in [4.69, 9.17) is 9.26 Å². The number of aromatic nitrogens is 4. The van der Waals surface area contributed by atoms with Gasteiger partial charge in [-0.25, -0.2) is 12.7 Å². The molecule has 2 rings (SSSR count). The van der Waals surface area contributed by atoms with E-state index < -0.39 is 10.0 Å². The Hall–Kier alpha value is -1.78. The molecule has 0 amide bonds. The quantitative estimate of drug-likeness (QED) is 0.753. The SMILES string of the molecule is COC(C)c1noc(Cn2cc(S(=O)(=O)N(C)C)cn2)n1. The van der Waals surface area contributed by atoms with Crippen molar-refractivity contribution in [3.05, 3.63) is 24.1 Å². The molecule has 10 heteroatoms. The molecule has 0 aliphatic heterocycles. The number of rotatable bonds is 6. The van der Waals surface area contributed by atoms with Gasteiger partial charge in [0.1, 0.15) is 17.5 Å². The van der Waals surface area contributed by atoms with E-state index in [1.165, 1.54) is 31.2 Å². The smallest absolute Gasteiger partial charge is 0.248 e. The van der Waals surface area contributed by atoms with E-state index in [-0.39, 0.29) is 17.5 Å². The molecular formula is C11H17N5O4S. The first-order chi connectivity index (χ1) is 9.84. The molecule has 0 saturated carbocycles. The highest BCUT2D eigenvalue weighted by Gasteiger charge is 2.20. The second-order valence-electron chi connectivity index (χ2n) is 4.59. The van der Waals surface area contributed by atoms with Crippen LogP contribution in [0, 0.1) is 0 Å². The van der Waals surface area contributed by atoms with E-state index in [0.29, 0.717) is 11.7 Å². The Balaban J connectivity index is 2.15. The standard InChI is InChI=1S/C11H17N5O4S/c1-8(19-4)11-13-10(20-14-11)7-16-6-9(5-12-16)21(17,18)15(2)3/h5-6,8H,7H2,1-4H3. The molecule has 0 aromatic carbocycles. The van der Waals surface area contributed by atoms with Gasteiger partial charge in [0.25, 0.3) is 0 Å². The minimum absolute atomic E-state index is 0.109. The highest BCUT2D eigenvalue weighted by atomic mass is 32.2. The summed E-state index contributed by atoms with van der Waals surface area (Å²) in [6, 6.07) is 0. The fourth-order valence-electron chi connectivity index (χ4n) is 1.52. The van der Waals surface area contributed by atoms with Crippen LogP contribution in [0.2, 0.25) is 0 Å². The predicted molar refractivity (Wildman–Crippen MR) is 71.9 cm³/mol. The van der Waals surface area contributed by atoms with Crippen molar-refractivity contribution in [1.29, 1.82) is 0 Å². The summed E-state index contributed by atoms with van der Waals surface area (Å²) in [5.74, 6) is 0.756. The maximum absolute atomic E-state index is 11.9. The Bertz CT molecular complexity index is 706. The van der Waals surface area contributed by atoms with Crippen LogP contribution in [0.1, 0.15) is 24.7 Å². The van der Waals surface area contributed by atoms with Crippen molar-refractivity contribution >= 4 is 10.0 Å². The molecule has 0 N–H and O–H groups in total. The summed E-state index contributed by atoms with van der Waals surface area (Å²) in [4.78, 5) is 4.27. The van der Waals surface area contributed by atoms with Gasteiger partial charge in [-0.05, 0) is 6.92 Å². The van der Waals surface area contributed by atoms with E-state index in [9.17, 15) is 8.42 Å². The minimum Gasteiger partial charge on any atom is -0.374 e. The zero-order valence-electron chi connectivity index (χ0n) is 12.2. The van der Waals surface area contributed by atoms with Crippen LogP contribution >= 0.6 is 0 Å². The maximum Gasteiger partial charge on any atom is 0.248 e. The fourth-order valence-corrected chi connectivity index (χ4v) is 2.37. The van der Waals surface area contributed by atoms with Gasteiger partial charge in [0, 0.05) is 27.4 Å². The van der Waals surface area contributed by atoms with Gasteiger partial charge in [-0.3, -0.25) is 4.68 Å². The van der Waals surface area contributed by atoms with E-state index in [1.807, 2.05) is 0 Å². The Morgan fingerprint density at radius 3 is 2.81 bits per heavy atom. The molecule has 0 spiro atoms. The Labute approximate surface area is 122 Å². The summed E-state index contributed by atoms with van der Waals surface area (Å²) in [6.07, 6.45) is 2.42. The molecule has 116 valence electrons. The lowest BCUT2D eigenvalue weighted by Crippen LogP contribution is -2.21. The third kappa shape index (κ3) is 3.28. The van der Waals surface area contributed by atoms with Gasteiger partial charge in [-0.1, -0.05) is 5.16 Å². The minimum atomic E-state index is -3.50. The summed E-state index contributed by atoms with van der Waals surface area (Å²) in [6.45, 7) is 1.98. The summed E-state index contributed by atoms with van der Waals surface area (Å²) < 4.78 is 36.6. The third-order valence-corrected chi connectivity index (χ3v) is 4.65. The van der Waals surface area contributed by atoms with Crippen LogP contribution in [-0.4, -0.2) is 53.8 Å². The number of ether oxygens (including phenoxy) is 1. The van der Waals surface area contributed by atoms with Gasteiger partial charge in [-0.2, -0.15) is 10.1 Å². The number of nitrogens with zero attached hydrogens (tertiary/aromatic N) is 5. The predicted octanol–water partition coefficient (Wildman–Crippen LogP) is 0.272. The van der Waals surface area contributed by atoms with Crippen molar-refractivity contribution in [1.82, 2.24) is 24.2 Å². The molecule has 0 fully saturated rings. The number of methoxy groups -OCH3 is 1. The fraction of sp³-hybridized carbons (Fsp3) is 0.545. The summed E-state index contributed by atoms with van der Waals surface area (Å²) >= 11 is 0. The monoisotopic (exact) mass is 315 g/mol. The van der Waals surface area contributed by atoms with Crippen LogP contribution in [0.3, 0.4) is 0 Å². The van der Waals surface area contributed by atoms with Crippen molar-refractivity contribution in [2.45, 2.75) is 24.5 Å². The lowest BCUT2D eigenvalue weighted by atomic mass is 10.4. The van der Waals surface area contributed by atoms with Crippen LogP contribution in [0.4, 0.5) is 0 Å². The Kier molecular flexibility index (Phi) is 4.40. The summed E-state index contributed by atoms with van der Waals surface area (Å²) in [5, 5.41) is 7.77. The van der Waals surface area contributed by atoms with Crippen molar-refractivity contribution in [3.8, 4) is 0 Å². The first-order valence-electron chi connectivity index (χ1n) is 6.15. The molecule has 2 aromatic rings. The normalized spacial score (nSPS) is 13.8. The maximum atomic E-state index is 11.9. The number of hydrogen-bond acceptors (Lipinski definition) is 7. The van der Waals surface area contributed by atoms with E-state index >= 15 is 0 Å². The topological polar surface area (TPSA) is 103 Å². The third-order valence-electron chi connectivity index (χ3n) is 2.89. The van der Waals surface area contributed by atoms with Crippen molar-refractivity contribution in [3.63, 3.8) is 0 Å². The lowest BCUT2D eigenvalue weighted by molar-refractivity contribution is 0.109. The van der Waals surface area contributed by atoms with Crippen molar-refractivity contribution < 1.29 is 17.7 Å². The second kappa shape index (κ2) is 5.92. The molecule has 0 saturated heterocycles. The average molecular weight is 315 g/mol. The summed E-state index contributed by atoms with van der Waals surface area (Å²) in [5.41, 5.74) is 0. The van der Waals surface area contributed by atoms with Crippen LogP contribution in [0.25, 0.3) is 0 Å². The van der Waals surface area contributed by atoms with Gasteiger partial charge in [0.15, 0.2) is 5.82 Å². The van der Waals surface area contributed by atoms with Crippen LogP contribution in [0.15, 0.2) is 21.8 Å². The lowest BCUT2D eigenvalue weighted by Gasteiger charge is -2.08. The van der Waals surface area contributed by atoms with E-state index in [2.05, 4.69) is 15.2 Å². The zero-order chi connectivity index (χ0) is 15.6. The molecule has 0 bridgehead atoms. The molecule has 2 heterocycles. The zero-order valence-corrected chi connectivity index (χ0v) is 13.0. The van der Waals surface area contributed by atoms with E-state index in [0.717, 1.165) is 4.31 Å². The van der Waals surface area contributed by atoms with Gasteiger partial charge < -0.3 is 9.26 Å². The van der Waals surface area contributed by atoms with Gasteiger partial charge in [0.2, 0.25) is 15.9 Å². The molecule has 0 aliphatic carbocycles. The molecule has 0 aliphatic rings. The molecule has 9 nitrogen and oxygen atoms in total. The van der Waals surface area contributed by atoms with Gasteiger partial charge >= 0.3 is 0 Å². The first kappa shape index (κ1) is 15.6. The largest absolute Gasteiger partial charge is 0.374 e. The molecule has 1 unspecified atom stereocenters. The van der Waals surface area contributed by atoms with Crippen molar-refractivity contribution in [2.24, 2.45) is 0 Å². The molecular weight excluding hydrogens is 298 g/mol. The molecule has 1 atom stereocenters. The van der Waals surface area contributed by atoms with Crippen molar-refractivity contribution in [2.75, 3.05) is 21.2 Å². The highest BCUT2D eigenvalue weighted by molar-refractivity contribution is 7.89. The molecule has 0 radical (unpaired) electrons. The van der Waals surface area contributed by atoms with Gasteiger partial charge in [0.05, 0.1) is 6.20 Å². The Morgan fingerprint density at radius 1 is 1.48 bits per heavy atom. The number of sulfonamides is 1. The summed E-state index contributed by atoms with van der Waals surface area (Å²) in [7, 11) is 0.974. The Morgan fingerprint density at radius 2 is 2.19 bits per heavy atom. The highest BCUT2D eigenvalue weighted by Crippen LogP contribution is 2.14. The average Bonchev–Trinajstić information content (AvgIpc) is 3.07. The first-order valence-corrected chi connectivity index (χ1v) is 7.59. The van der Waals surface area contributed by atoms with Gasteiger partial charge in [-0.15, -0.1) is 0 Å². The molecule has 2 aromatic heterocycles. The van der Waals surface area contributed by atoms with Crippen LogP contribution in [-0.2, 0) is 21.3 Å².